The van der Waals surface area contributed by atoms with Crippen molar-refractivity contribution in [3.05, 3.63) is 71.5 Å². The van der Waals surface area contributed by atoms with E-state index in [1.807, 2.05) is 38.4 Å². The van der Waals surface area contributed by atoms with Crippen LogP contribution in [0.3, 0.4) is 0 Å². The molecule has 5 rings (SSSR count). The smallest absolute Gasteiger partial charge is 0.248 e. The fraction of sp³-hybridized carbons (Fsp3) is 0.286. The van der Waals surface area contributed by atoms with Crippen LogP contribution in [-0.4, -0.2) is 54.0 Å². The molecule has 6 heteroatoms. The number of pyridine rings is 1. The maximum absolute atomic E-state index is 11.7. The quantitative estimate of drug-likeness (QED) is 0.467. The van der Waals surface area contributed by atoms with Gasteiger partial charge in [0.1, 0.15) is 5.65 Å². The highest BCUT2D eigenvalue weighted by molar-refractivity contribution is 5.99. The van der Waals surface area contributed by atoms with E-state index >= 15 is 0 Å². The molecule has 0 aliphatic carbocycles. The molecule has 2 aromatic carbocycles. The van der Waals surface area contributed by atoms with Gasteiger partial charge in [-0.15, -0.1) is 0 Å². The molecule has 0 spiro atoms. The molecule has 0 radical (unpaired) electrons. The Hall–Kier alpha value is -3.64. The minimum Gasteiger partial charge on any atom is -0.370 e. The molecule has 34 heavy (non-hydrogen) atoms. The lowest BCUT2D eigenvalue weighted by Crippen LogP contribution is -2.28. The number of aromatic amines is 1. The van der Waals surface area contributed by atoms with E-state index in [4.69, 9.17) is 5.73 Å². The summed E-state index contributed by atoms with van der Waals surface area (Å²) in [4.78, 5) is 24.6. The number of carbonyl (C=O) groups excluding carboxylic acids is 1. The summed E-state index contributed by atoms with van der Waals surface area (Å²) in [5.41, 5.74) is 14.6. The van der Waals surface area contributed by atoms with Crippen molar-refractivity contribution in [2.24, 2.45) is 5.73 Å². The number of amides is 1. The molecule has 6 nitrogen and oxygen atoms in total. The van der Waals surface area contributed by atoms with Gasteiger partial charge < -0.3 is 20.5 Å². The number of fused-ring (bicyclic) bond motifs is 1. The Labute approximate surface area is 200 Å². The van der Waals surface area contributed by atoms with Crippen molar-refractivity contribution in [3.63, 3.8) is 0 Å². The van der Waals surface area contributed by atoms with Crippen LogP contribution in [0.4, 0.5) is 5.69 Å². The number of nitrogens with zero attached hydrogens (tertiary/aromatic N) is 3. The van der Waals surface area contributed by atoms with Crippen molar-refractivity contribution in [3.8, 4) is 22.3 Å². The standard InChI is InChI=1S/C28H31N5O/c1-18-19(2)24(27(29)34)10-9-23(18)26-17-31-28-25(26)15-21(16-30-28)20-5-7-22(8-6-20)33-12-4-11-32(3)13-14-33/h5-10,15-17H,4,11-14H2,1-3H3,(H2,29,34)(H,30,31). The van der Waals surface area contributed by atoms with Gasteiger partial charge in [-0.2, -0.15) is 0 Å². The number of likely N-dealkylation sites (N-methyl/N-ethyl adjacent to an activating group) is 1. The third-order valence-electron chi connectivity index (χ3n) is 7.16. The number of rotatable bonds is 4. The summed E-state index contributed by atoms with van der Waals surface area (Å²) >= 11 is 0. The Balaban J connectivity index is 1.48. The van der Waals surface area contributed by atoms with E-state index in [9.17, 15) is 4.79 Å². The van der Waals surface area contributed by atoms with E-state index in [-0.39, 0.29) is 0 Å². The Morgan fingerprint density at radius 2 is 1.74 bits per heavy atom. The van der Waals surface area contributed by atoms with E-state index in [1.54, 1.807) is 0 Å². The van der Waals surface area contributed by atoms with Crippen molar-refractivity contribution in [1.82, 2.24) is 14.9 Å². The monoisotopic (exact) mass is 453 g/mol. The number of aromatic nitrogens is 2. The first-order chi connectivity index (χ1) is 16.4. The maximum atomic E-state index is 11.7. The summed E-state index contributed by atoms with van der Waals surface area (Å²) in [6.07, 6.45) is 5.10. The molecule has 0 atom stereocenters. The highest BCUT2D eigenvalue weighted by Gasteiger charge is 2.16. The zero-order valence-corrected chi connectivity index (χ0v) is 20.1. The molecule has 2 aromatic heterocycles. The fourth-order valence-corrected chi connectivity index (χ4v) is 4.93. The first-order valence-corrected chi connectivity index (χ1v) is 11.8. The maximum Gasteiger partial charge on any atom is 0.248 e. The molecule has 4 aromatic rings. The molecule has 1 saturated heterocycles. The van der Waals surface area contributed by atoms with Gasteiger partial charge in [-0.1, -0.05) is 18.2 Å². The topological polar surface area (TPSA) is 78.2 Å². The SMILES string of the molecule is Cc1c(C(N)=O)ccc(-c2c[nH]c3ncc(-c4ccc(N5CCCN(C)CC5)cc4)cc23)c1C. The number of hydrogen-bond donors (Lipinski definition) is 2. The highest BCUT2D eigenvalue weighted by atomic mass is 16.1. The normalized spacial score (nSPS) is 15.0. The third-order valence-corrected chi connectivity index (χ3v) is 7.16. The Morgan fingerprint density at radius 3 is 2.50 bits per heavy atom. The first-order valence-electron chi connectivity index (χ1n) is 11.8. The minimum absolute atomic E-state index is 0.398. The average molecular weight is 454 g/mol. The van der Waals surface area contributed by atoms with Crippen molar-refractivity contribution in [1.29, 1.82) is 0 Å². The number of nitrogens with two attached hydrogens (primary N) is 1. The molecule has 3 N–H and O–H groups in total. The summed E-state index contributed by atoms with van der Waals surface area (Å²) in [5.74, 6) is -0.398. The summed E-state index contributed by atoms with van der Waals surface area (Å²) < 4.78 is 0. The zero-order chi connectivity index (χ0) is 23.8. The zero-order valence-electron chi connectivity index (χ0n) is 20.1. The van der Waals surface area contributed by atoms with E-state index in [1.165, 1.54) is 12.1 Å². The van der Waals surface area contributed by atoms with Gasteiger partial charge in [0.05, 0.1) is 0 Å². The van der Waals surface area contributed by atoms with Gasteiger partial charge in [0, 0.05) is 59.8 Å². The Bertz CT molecular complexity index is 1360. The van der Waals surface area contributed by atoms with Crippen LogP contribution < -0.4 is 10.6 Å². The van der Waals surface area contributed by atoms with E-state index in [0.29, 0.717) is 5.56 Å². The molecule has 0 bridgehead atoms. The summed E-state index contributed by atoms with van der Waals surface area (Å²) in [7, 11) is 2.19. The van der Waals surface area contributed by atoms with Crippen LogP contribution in [0.15, 0.2) is 54.9 Å². The predicted molar refractivity (Wildman–Crippen MR) is 139 cm³/mol. The van der Waals surface area contributed by atoms with Crippen LogP contribution in [-0.2, 0) is 0 Å². The number of carbonyl (C=O) groups is 1. The molecule has 174 valence electrons. The van der Waals surface area contributed by atoms with Gasteiger partial charge in [-0.25, -0.2) is 4.98 Å². The second-order valence-corrected chi connectivity index (χ2v) is 9.29. The van der Waals surface area contributed by atoms with Crippen LogP contribution in [0, 0.1) is 13.8 Å². The highest BCUT2D eigenvalue weighted by Crippen LogP contribution is 2.35. The third kappa shape index (κ3) is 4.05. The second kappa shape index (κ2) is 8.95. The Kier molecular flexibility index (Phi) is 5.84. The van der Waals surface area contributed by atoms with Crippen LogP contribution in [0.2, 0.25) is 0 Å². The van der Waals surface area contributed by atoms with E-state index in [2.05, 4.69) is 57.1 Å². The number of hydrogen-bond acceptors (Lipinski definition) is 4. The van der Waals surface area contributed by atoms with Crippen molar-refractivity contribution in [2.45, 2.75) is 20.3 Å². The lowest BCUT2D eigenvalue weighted by Gasteiger charge is -2.23. The molecule has 1 aliphatic rings. The molecule has 3 heterocycles. The number of benzene rings is 2. The van der Waals surface area contributed by atoms with Gasteiger partial charge in [0.25, 0.3) is 0 Å². The summed E-state index contributed by atoms with van der Waals surface area (Å²) in [6.45, 7) is 8.38. The number of primary amides is 1. The van der Waals surface area contributed by atoms with Gasteiger partial charge >= 0.3 is 0 Å². The van der Waals surface area contributed by atoms with Crippen LogP contribution in [0.1, 0.15) is 27.9 Å². The van der Waals surface area contributed by atoms with Gasteiger partial charge in [-0.3, -0.25) is 4.79 Å². The first kappa shape index (κ1) is 22.2. The van der Waals surface area contributed by atoms with Gasteiger partial charge in [-0.05, 0) is 80.4 Å². The van der Waals surface area contributed by atoms with Crippen molar-refractivity contribution >= 4 is 22.6 Å². The molecule has 1 amide bonds. The minimum atomic E-state index is -0.398. The molecular weight excluding hydrogens is 422 g/mol. The predicted octanol–water partition coefficient (Wildman–Crippen LogP) is 4.75. The average Bonchev–Trinajstić information content (AvgIpc) is 3.13. The molecule has 1 fully saturated rings. The Morgan fingerprint density at radius 1 is 0.941 bits per heavy atom. The summed E-state index contributed by atoms with van der Waals surface area (Å²) in [6, 6.07) is 14.8. The van der Waals surface area contributed by atoms with Gasteiger partial charge in [0.15, 0.2) is 0 Å². The van der Waals surface area contributed by atoms with Crippen LogP contribution in [0.5, 0.6) is 0 Å². The lowest BCUT2D eigenvalue weighted by atomic mass is 9.93. The number of anilines is 1. The van der Waals surface area contributed by atoms with Crippen molar-refractivity contribution in [2.75, 3.05) is 38.1 Å². The number of nitrogens with one attached hydrogen (secondary N) is 1. The van der Waals surface area contributed by atoms with Crippen molar-refractivity contribution < 1.29 is 4.79 Å². The summed E-state index contributed by atoms with van der Waals surface area (Å²) in [5, 5.41) is 1.06. The van der Waals surface area contributed by atoms with Crippen LogP contribution >= 0.6 is 0 Å². The molecular formula is C28H31N5O. The molecule has 1 aliphatic heterocycles. The molecule has 0 unspecified atom stereocenters. The van der Waals surface area contributed by atoms with Crippen LogP contribution in [0.25, 0.3) is 33.3 Å². The fourth-order valence-electron chi connectivity index (χ4n) is 4.93. The van der Waals surface area contributed by atoms with E-state index < -0.39 is 5.91 Å². The van der Waals surface area contributed by atoms with Gasteiger partial charge in [0.2, 0.25) is 5.91 Å². The second-order valence-electron chi connectivity index (χ2n) is 9.29. The lowest BCUT2D eigenvalue weighted by molar-refractivity contribution is 0.0999. The molecule has 0 saturated carbocycles. The number of H-pyrrole nitrogens is 1. The largest absolute Gasteiger partial charge is 0.370 e. The van der Waals surface area contributed by atoms with E-state index in [0.717, 1.165) is 70.6 Å².